The van der Waals surface area contributed by atoms with Crippen LogP contribution in [0.3, 0.4) is 0 Å². The van der Waals surface area contributed by atoms with Gasteiger partial charge in [0.1, 0.15) is 5.75 Å². The Bertz CT molecular complexity index is 475. The van der Waals surface area contributed by atoms with Crippen molar-refractivity contribution in [2.45, 2.75) is 6.92 Å². The molecule has 2 heteroatoms. The van der Waals surface area contributed by atoms with Crippen molar-refractivity contribution in [2.24, 2.45) is 0 Å². The lowest BCUT2D eigenvalue weighted by Crippen LogP contribution is -1.89. The minimum absolute atomic E-state index is 0.453. The van der Waals surface area contributed by atoms with Crippen molar-refractivity contribution >= 4 is 17.2 Å². The molecular formula is C12H10O2. The minimum Gasteiger partial charge on any atom is -0.428 e. The number of fused-ring (bicyclic) bond motifs is 1. The molecule has 0 aliphatic carbocycles. The van der Waals surface area contributed by atoms with Gasteiger partial charge >= 0.3 is 0 Å². The number of carbonyl (C=O) groups excluding carboxylic acids is 1. The summed E-state index contributed by atoms with van der Waals surface area (Å²) in [5.74, 6) is 0.609. The van der Waals surface area contributed by atoms with Gasteiger partial charge in [0.25, 0.3) is 6.47 Å². The molecule has 0 N–H and O–H groups in total. The molecule has 0 unspecified atom stereocenters. The summed E-state index contributed by atoms with van der Waals surface area (Å²) in [6.45, 7) is 2.49. The number of rotatable bonds is 2. The van der Waals surface area contributed by atoms with Crippen LogP contribution >= 0.6 is 0 Å². The van der Waals surface area contributed by atoms with Gasteiger partial charge in [0.05, 0.1) is 0 Å². The molecule has 0 spiro atoms. The van der Waals surface area contributed by atoms with E-state index in [9.17, 15) is 4.79 Å². The largest absolute Gasteiger partial charge is 0.428 e. The smallest absolute Gasteiger partial charge is 0.298 e. The van der Waals surface area contributed by atoms with Gasteiger partial charge in [0, 0.05) is 5.39 Å². The predicted molar refractivity (Wildman–Crippen MR) is 55.4 cm³/mol. The van der Waals surface area contributed by atoms with Gasteiger partial charge in [-0.3, -0.25) is 4.79 Å². The van der Waals surface area contributed by atoms with Crippen LogP contribution in [-0.2, 0) is 4.79 Å². The molecule has 0 bridgehead atoms. The van der Waals surface area contributed by atoms with Crippen LogP contribution in [0.1, 0.15) is 5.56 Å². The summed E-state index contributed by atoms with van der Waals surface area (Å²) in [4.78, 5) is 10.3. The molecule has 14 heavy (non-hydrogen) atoms. The summed E-state index contributed by atoms with van der Waals surface area (Å²) < 4.78 is 4.88. The van der Waals surface area contributed by atoms with Gasteiger partial charge in [-0.25, -0.2) is 0 Å². The fourth-order valence-corrected chi connectivity index (χ4v) is 1.53. The molecule has 0 aliphatic rings. The van der Waals surface area contributed by atoms with Crippen LogP contribution in [0.25, 0.3) is 10.8 Å². The average Bonchev–Trinajstić information content (AvgIpc) is 2.18. The normalized spacial score (nSPS) is 10.1. The lowest BCUT2D eigenvalue weighted by Gasteiger charge is -2.04. The number of carbonyl (C=O) groups is 1. The quantitative estimate of drug-likeness (QED) is 0.674. The Balaban J connectivity index is 2.68. The Morgan fingerprint density at radius 2 is 2.07 bits per heavy atom. The van der Waals surface area contributed by atoms with E-state index in [0.717, 1.165) is 10.8 Å². The summed E-state index contributed by atoms with van der Waals surface area (Å²) in [7, 11) is 0. The van der Waals surface area contributed by atoms with Gasteiger partial charge in [0.15, 0.2) is 0 Å². The van der Waals surface area contributed by atoms with Gasteiger partial charge in [-0.2, -0.15) is 0 Å². The van der Waals surface area contributed by atoms with Gasteiger partial charge in [0.2, 0.25) is 0 Å². The van der Waals surface area contributed by atoms with Gasteiger partial charge in [-0.15, -0.1) is 0 Å². The molecule has 0 amide bonds. The first-order valence-corrected chi connectivity index (χ1v) is 4.41. The summed E-state index contributed by atoms with van der Waals surface area (Å²) in [5.41, 5.74) is 1.20. The third-order valence-electron chi connectivity index (χ3n) is 2.17. The summed E-state index contributed by atoms with van der Waals surface area (Å²) in [6.07, 6.45) is 0. The van der Waals surface area contributed by atoms with E-state index in [-0.39, 0.29) is 0 Å². The monoisotopic (exact) mass is 186 g/mol. The van der Waals surface area contributed by atoms with Crippen molar-refractivity contribution in [2.75, 3.05) is 0 Å². The van der Waals surface area contributed by atoms with E-state index in [1.165, 1.54) is 5.56 Å². The molecule has 0 heterocycles. The van der Waals surface area contributed by atoms with E-state index >= 15 is 0 Å². The first-order valence-electron chi connectivity index (χ1n) is 4.41. The van der Waals surface area contributed by atoms with Crippen molar-refractivity contribution < 1.29 is 9.53 Å². The van der Waals surface area contributed by atoms with E-state index in [1.54, 1.807) is 6.07 Å². The van der Waals surface area contributed by atoms with Crippen LogP contribution in [0, 0.1) is 6.92 Å². The molecule has 0 fully saturated rings. The summed E-state index contributed by atoms with van der Waals surface area (Å²) in [5, 5.41) is 2.05. The maximum Gasteiger partial charge on any atom is 0.298 e. The number of hydrogen-bond acceptors (Lipinski definition) is 2. The first-order chi connectivity index (χ1) is 6.81. The van der Waals surface area contributed by atoms with E-state index in [1.807, 2.05) is 31.2 Å². The highest BCUT2D eigenvalue weighted by Crippen LogP contribution is 2.25. The molecular weight excluding hydrogens is 176 g/mol. The zero-order valence-corrected chi connectivity index (χ0v) is 7.86. The van der Waals surface area contributed by atoms with E-state index in [0.29, 0.717) is 12.2 Å². The fourth-order valence-electron chi connectivity index (χ4n) is 1.53. The second-order valence-corrected chi connectivity index (χ2v) is 3.19. The topological polar surface area (TPSA) is 26.3 Å². The standard InChI is InChI=1S/C12H10O2/c1-9-5-6-11-10(7-9)3-2-4-12(11)14-8-13/h2-8H,1H3. The van der Waals surface area contributed by atoms with Crippen LogP contribution in [-0.4, -0.2) is 6.47 Å². The second-order valence-electron chi connectivity index (χ2n) is 3.19. The number of benzene rings is 2. The molecule has 2 nitrogen and oxygen atoms in total. The fraction of sp³-hybridized carbons (Fsp3) is 0.0833. The highest BCUT2D eigenvalue weighted by molar-refractivity contribution is 5.89. The first kappa shape index (κ1) is 8.75. The molecule has 0 saturated carbocycles. The van der Waals surface area contributed by atoms with E-state index < -0.39 is 0 Å². The highest BCUT2D eigenvalue weighted by atomic mass is 16.5. The third-order valence-corrected chi connectivity index (χ3v) is 2.17. The van der Waals surface area contributed by atoms with Crippen molar-refractivity contribution in [1.82, 2.24) is 0 Å². The lowest BCUT2D eigenvalue weighted by atomic mass is 10.1. The van der Waals surface area contributed by atoms with Crippen LogP contribution in [0.5, 0.6) is 5.75 Å². The second kappa shape index (κ2) is 3.50. The molecule has 0 aromatic heterocycles. The lowest BCUT2D eigenvalue weighted by molar-refractivity contribution is -0.120. The van der Waals surface area contributed by atoms with Gasteiger partial charge in [-0.1, -0.05) is 35.9 Å². The number of hydrogen-bond donors (Lipinski definition) is 0. The van der Waals surface area contributed by atoms with Crippen LogP contribution < -0.4 is 4.74 Å². The van der Waals surface area contributed by atoms with Gasteiger partial charge < -0.3 is 4.74 Å². The average molecular weight is 186 g/mol. The minimum atomic E-state index is 0.453. The molecule has 2 aromatic carbocycles. The number of ether oxygens (including phenoxy) is 1. The Labute approximate surface area is 82.1 Å². The van der Waals surface area contributed by atoms with Gasteiger partial charge in [-0.05, 0) is 18.4 Å². The van der Waals surface area contributed by atoms with Crippen molar-refractivity contribution in [1.29, 1.82) is 0 Å². The SMILES string of the molecule is Cc1ccc2c(OC=O)cccc2c1. The summed E-state index contributed by atoms with van der Waals surface area (Å²) in [6, 6.07) is 11.7. The third kappa shape index (κ3) is 1.46. The highest BCUT2D eigenvalue weighted by Gasteiger charge is 2.00. The molecule has 2 aromatic rings. The van der Waals surface area contributed by atoms with Crippen molar-refractivity contribution in [3.05, 3.63) is 42.0 Å². The molecule has 0 aliphatic heterocycles. The maximum atomic E-state index is 10.3. The zero-order valence-electron chi connectivity index (χ0n) is 7.86. The van der Waals surface area contributed by atoms with E-state index in [2.05, 4.69) is 6.07 Å². The Morgan fingerprint density at radius 1 is 1.21 bits per heavy atom. The molecule has 0 radical (unpaired) electrons. The molecule has 2 rings (SSSR count). The predicted octanol–water partition coefficient (Wildman–Crippen LogP) is 2.68. The van der Waals surface area contributed by atoms with Crippen molar-refractivity contribution in [3.8, 4) is 5.75 Å². The molecule has 0 atom stereocenters. The molecule has 70 valence electrons. The van der Waals surface area contributed by atoms with Crippen LogP contribution in [0.2, 0.25) is 0 Å². The maximum absolute atomic E-state index is 10.3. The Morgan fingerprint density at radius 3 is 2.86 bits per heavy atom. The Kier molecular flexibility index (Phi) is 2.19. The van der Waals surface area contributed by atoms with Crippen LogP contribution in [0.4, 0.5) is 0 Å². The Hall–Kier alpha value is -1.83. The molecule has 0 saturated heterocycles. The zero-order chi connectivity index (χ0) is 9.97. The summed E-state index contributed by atoms with van der Waals surface area (Å²) >= 11 is 0. The van der Waals surface area contributed by atoms with Crippen LogP contribution in [0.15, 0.2) is 36.4 Å². The van der Waals surface area contributed by atoms with Crippen molar-refractivity contribution in [3.63, 3.8) is 0 Å². The van der Waals surface area contributed by atoms with E-state index in [4.69, 9.17) is 4.74 Å². The number of aryl methyl sites for hydroxylation is 1.